The fraction of sp³-hybridized carbons (Fsp3) is 0.150. The lowest BCUT2D eigenvalue weighted by Crippen LogP contribution is -2.14. The molecular formula is C20H17N5O. The van der Waals surface area contributed by atoms with Crippen LogP contribution in [0.1, 0.15) is 35.1 Å². The molecule has 1 fully saturated rings. The number of azo groups is 1. The van der Waals surface area contributed by atoms with Gasteiger partial charge in [0.25, 0.3) is 5.91 Å². The Labute approximate surface area is 151 Å². The second kappa shape index (κ2) is 7.23. The van der Waals surface area contributed by atoms with Crippen molar-refractivity contribution in [3.63, 3.8) is 0 Å². The molecule has 0 atom stereocenters. The Bertz CT molecular complexity index is 934. The van der Waals surface area contributed by atoms with E-state index in [2.05, 4.69) is 25.5 Å². The number of nitrogens with one attached hydrogen (secondary N) is 1. The third kappa shape index (κ3) is 3.97. The number of hydrogen-bond acceptors (Lipinski definition) is 5. The lowest BCUT2D eigenvalue weighted by atomic mass is 10.2. The van der Waals surface area contributed by atoms with E-state index >= 15 is 0 Å². The first kappa shape index (κ1) is 16.1. The van der Waals surface area contributed by atoms with E-state index in [-0.39, 0.29) is 5.91 Å². The van der Waals surface area contributed by atoms with Crippen LogP contribution in [0.15, 0.2) is 77.1 Å². The summed E-state index contributed by atoms with van der Waals surface area (Å²) >= 11 is 0. The molecule has 1 aliphatic carbocycles. The average Bonchev–Trinajstić information content (AvgIpc) is 3.54. The SMILES string of the molecule is O=C(Nc1ccc(N=Nc2ccccc2)cc1)c1ccnc(C2CC2)n1. The van der Waals surface area contributed by atoms with E-state index in [1.54, 1.807) is 36.5 Å². The Morgan fingerprint density at radius 2 is 1.62 bits per heavy atom. The molecule has 1 N–H and O–H groups in total. The predicted octanol–water partition coefficient (Wildman–Crippen LogP) is 5.02. The zero-order chi connectivity index (χ0) is 17.8. The molecule has 6 nitrogen and oxygen atoms in total. The summed E-state index contributed by atoms with van der Waals surface area (Å²) in [4.78, 5) is 21.0. The lowest BCUT2D eigenvalue weighted by molar-refractivity contribution is 0.102. The fourth-order valence-corrected chi connectivity index (χ4v) is 2.46. The number of carbonyl (C=O) groups excluding carboxylic acids is 1. The summed E-state index contributed by atoms with van der Waals surface area (Å²) < 4.78 is 0. The molecule has 1 heterocycles. The second-order valence-corrected chi connectivity index (χ2v) is 6.11. The van der Waals surface area contributed by atoms with Gasteiger partial charge in [-0.1, -0.05) is 18.2 Å². The highest BCUT2D eigenvalue weighted by Gasteiger charge is 2.27. The van der Waals surface area contributed by atoms with Gasteiger partial charge in [0.05, 0.1) is 11.4 Å². The third-order valence-electron chi connectivity index (χ3n) is 4.01. The van der Waals surface area contributed by atoms with Crippen LogP contribution < -0.4 is 5.32 Å². The van der Waals surface area contributed by atoms with Gasteiger partial charge in [0.1, 0.15) is 11.5 Å². The van der Waals surface area contributed by atoms with Gasteiger partial charge in [-0.05, 0) is 55.3 Å². The van der Waals surface area contributed by atoms with Gasteiger partial charge in [-0.15, -0.1) is 0 Å². The highest BCUT2D eigenvalue weighted by molar-refractivity contribution is 6.02. The quantitative estimate of drug-likeness (QED) is 0.660. The standard InChI is InChI=1S/C20H17N5O/c26-20(18-12-13-21-19(23-18)14-6-7-14)22-15-8-10-17(11-9-15)25-24-16-4-2-1-3-5-16/h1-5,8-14H,6-7H2,(H,22,26). The van der Waals surface area contributed by atoms with Crippen molar-refractivity contribution in [1.82, 2.24) is 9.97 Å². The molecule has 1 aliphatic rings. The number of hydrogen-bond donors (Lipinski definition) is 1. The van der Waals surface area contributed by atoms with Crippen LogP contribution >= 0.6 is 0 Å². The molecule has 0 bridgehead atoms. The van der Waals surface area contributed by atoms with Gasteiger partial charge < -0.3 is 5.32 Å². The summed E-state index contributed by atoms with van der Waals surface area (Å²) in [5, 5.41) is 11.2. The number of carbonyl (C=O) groups is 1. The fourth-order valence-electron chi connectivity index (χ4n) is 2.46. The van der Waals surface area contributed by atoms with Gasteiger partial charge in [0, 0.05) is 17.8 Å². The smallest absolute Gasteiger partial charge is 0.274 e. The zero-order valence-corrected chi connectivity index (χ0v) is 14.0. The summed E-state index contributed by atoms with van der Waals surface area (Å²) in [6.45, 7) is 0. The number of aromatic nitrogens is 2. The van der Waals surface area contributed by atoms with E-state index in [9.17, 15) is 4.79 Å². The van der Waals surface area contributed by atoms with Crippen LogP contribution in [-0.2, 0) is 0 Å². The Morgan fingerprint density at radius 3 is 2.31 bits per heavy atom. The highest BCUT2D eigenvalue weighted by atomic mass is 16.1. The normalized spacial score (nSPS) is 13.7. The first-order valence-electron chi connectivity index (χ1n) is 8.49. The molecule has 0 saturated heterocycles. The molecule has 0 aliphatic heterocycles. The zero-order valence-electron chi connectivity index (χ0n) is 14.0. The topological polar surface area (TPSA) is 79.6 Å². The summed E-state index contributed by atoms with van der Waals surface area (Å²) in [7, 11) is 0. The van der Waals surface area contributed by atoms with E-state index in [1.807, 2.05) is 30.3 Å². The van der Waals surface area contributed by atoms with Crippen molar-refractivity contribution < 1.29 is 4.79 Å². The maximum Gasteiger partial charge on any atom is 0.274 e. The number of amides is 1. The van der Waals surface area contributed by atoms with Crippen molar-refractivity contribution in [2.24, 2.45) is 10.2 Å². The van der Waals surface area contributed by atoms with E-state index in [1.165, 1.54) is 0 Å². The van der Waals surface area contributed by atoms with E-state index < -0.39 is 0 Å². The average molecular weight is 343 g/mol. The van der Waals surface area contributed by atoms with E-state index in [0.29, 0.717) is 23.0 Å². The minimum Gasteiger partial charge on any atom is -0.321 e. The van der Waals surface area contributed by atoms with Crippen LogP contribution in [0.25, 0.3) is 0 Å². The van der Waals surface area contributed by atoms with E-state index in [0.717, 1.165) is 24.4 Å². The Kier molecular flexibility index (Phi) is 4.47. The monoisotopic (exact) mass is 343 g/mol. The van der Waals surface area contributed by atoms with Gasteiger partial charge in [0.15, 0.2) is 0 Å². The molecule has 1 aromatic heterocycles. The maximum atomic E-state index is 12.4. The summed E-state index contributed by atoms with van der Waals surface area (Å²) in [5.41, 5.74) is 2.57. The minimum atomic E-state index is -0.243. The number of rotatable bonds is 5. The van der Waals surface area contributed by atoms with Crippen LogP contribution in [0.4, 0.5) is 17.1 Å². The maximum absolute atomic E-state index is 12.4. The van der Waals surface area contributed by atoms with Gasteiger partial charge in [-0.2, -0.15) is 10.2 Å². The molecule has 0 unspecified atom stereocenters. The molecule has 2 aromatic carbocycles. The van der Waals surface area contributed by atoms with Crippen LogP contribution in [0, 0.1) is 0 Å². The summed E-state index contributed by atoms with van der Waals surface area (Å²) in [6.07, 6.45) is 3.84. The van der Waals surface area contributed by atoms with Crippen LogP contribution in [0.2, 0.25) is 0 Å². The molecule has 128 valence electrons. The third-order valence-corrected chi connectivity index (χ3v) is 4.01. The van der Waals surface area contributed by atoms with Crippen LogP contribution in [-0.4, -0.2) is 15.9 Å². The Balaban J connectivity index is 1.41. The van der Waals surface area contributed by atoms with E-state index in [4.69, 9.17) is 0 Å². The molecule has 4 rings (SSSR count). The van der Waals surface area contributed by atoms with Gasteiger partial charge in [-0.25, -0.2) is 9.97 Å². The molecule has 0 spiro atoms. The lowest BCUT2D eigenvalue weighted by Gasteiger charge is -2.05. The largest absolute Gasteiger partial charge is 0.321 e. The molecule has 6 heteroatoms. The highest BCUT2D eigenvalue weighted by Crippen LogP contribution is 2.37. The van der Waals surface area contributed by atoms with Crippen molar-refractivity contribution in [2.75, 3.05) is 5.32 Å². The number of anilines is 1. The molecular weight excluding hydrogens is 326 g/mol. The first-order chi connectivity index (χ1) is 12.8. The number of nitrogens with zero attached hydrogens (tertiary/aromatic N) is 4. The minimum absolute atomic E-state index is 0.243. The van der Waals surface area contributed by atoms with Gasteiger partial charge in [-0.3, -0.25) is 4.79 Å². The second-order valence-electron chi connectivity index (χ2n) is 6.11. The van der Waals surface area contributed by atoms with Crippen molar-refractivity contribution in [2.45, 2.75) is 18.8 Å². The predicted molar refractivity (Wildman–Crippen MR) is 99.0 cm³/mol. The van der Waals surface area contributed by atoms with Gasteiger partial charge >= 0.3 is 0 Å². The van der Waals surface area contributed by atoms with Crippen LogP contribution in [0.5, 0.6) is 0 Å². The molecule has 1 saturated carbocycles. The van der Waals surface area contributed by atoms with Crippen molar-refractivity contribution in [1.29, 1.82) is 0 Å². The van der Waals surface area contributed by atoms with Crippen molar-refractivity contribution in [3.05, 3.63) is 78.4 Å². The molecule has 1 amide bonds. The van der Waals surface area contributed by atoms with Crippen LogP contribution in [0.3, 0.4) is 0 Å². The number of benzene rings is 2. The molecule has 0 radical (unpaired) electrons. The first-order valence-corrected chi connectivity index (χ1v) is 8.49. The summed E-state index contributed by atoms with van der Waals surface area (Å²) in [5.74, 6) is 0.930. The molecule has 3 aromatic rings. The molecule has 26 heavy (non-hydrogen) atoms. The van der Waals surface area contributed by atoms with Gasteiger partial charge in [0.2, 0.25) is 0 Å². The van der Waals surface area contributed by atoms with Crippen molar-refractivity contribution >= 4 is 23.0 Å². The Hall–Kier alpha value is -3.41. The Morgan fingerprint density at radius 1 is 0.923 bits per heavy atom. The van der Waals surface area contributed by atoms with Crippen molar-refractivity contribution in [3.8, 4) is 0 Å². The summed E-state index contributed by atoms with van der Waals surface area (Å²) in [6, 6.07) is 18.3.